The van der Waals surface area contributed by atoms with Crippen molar-refractivity contribution in [2.75, 3.05) is 0 Å². The van der Waals surface area contributed by atoms with Crippen LogP contribution < -0.4 is 11.1 Å². The van der Waals surface area contributed by atoms with E-state index in [0.717, 1.165) is 50.3 Å². The molecule has 4 rings (SSSR count). The molecule has 3 unspecified atom stereocenters. The Labute approximate surface area is 167 Å². The Morgan fingerprint density at radius 1 is 1.19 bits per heavy atom. The Kier molecular flexibility index (Phi) is 7.34. The summed E-state index contributed by atoms with van der Waals surface area (Å²) >= 11 is 0. The SMILES string of the molecule is CCc1nc2n(n1)CCCC2NC(=O)C1CC2CCCC(C1)C2N.Cl.Cl. The van der Waals surface area contributed by atoms with E-state index in [2.05, 4.69) is 22.3 Å². The number of fused-ring (bicyclic) bond motifs is 3. The van der Waals surface area contributed by atoms with Crippen molar-refractivity contribution in [2.24, 2.45) is 23.5 Å². The molecule has 0 saturated heterocycles. The van der Waals surface area contributed by atoms with Crippen LogP contribution in [-0.4, -0.2) is 26.7 Å². The third-order valence-electron chi connectivity index (χ3n) is 6.34. The van der Waals surface area contributed by atoms with Crippen LogP contribution >= 0.6 is 24.8 Å². The molecule has 2 heterocycles. The Bertz CT molecular complexity index is 609. The number of carbonyl (C=O) groups excluding carboxylic acids is 1. The second-order valence-corrected chi connectivity index (χ2v) is 7.86. The molecule has 2 saturated carbocycles. The second kappa shape index (κ2) is 8.89. The zero-order chi connectivity index (χ0) is 16.7. The van der Waals surface area contributed by atoms with E-state index < -0.39 is 0 Å². The Hall–Kier alpha value is -0.850. The average Bonchev–Trinajstić information content (AvgIpc) is 2.99. The van der Waals surface area contributed by atoms with Gasteiger partial charge in [-0.05, 0) is 50.4 Å². The predicted molar refractivity (Wildman–Crippen MR) is 106 cm³/mol. The molecule has 6 nitrogen and oxygen atoms in total. The second-order valence-electron chi connectivity index (χ2n) is 7.86. The zero-order valence-corrected chi connectivity index (χ0v) is 17.0. The molecular formula is C18H31Cl2N5O. The molecule has 3 N–H and O–H groups in total. The predicted octanol–water partition coefficient (Wildman–Crippen LogP) is 2.79. The first-order valence-electron chi connectivity index (χ1n) is 9.65. The summed E-state index contributed by atoms with van der Waals surface area (Å²) in [6, 6.07) is 0.335. The van der Waals surface area contributed by atoms with Crippen LogP contribution in [0.25, 0.3) is 0 Å². The molecule has 26 heavy (non-hydrogen) atoms. The minimum atomic E-state index is 0. The van der Waals surface area contributed by atoms with Crippen LogP contribution in [-0.2, 0) is 17.8 Å². The van der Waals surface area contributed by atoms with Gasteiger partial charge in [-0.2, -0.15) is 5.10 Å². The summed E-state index contributed by atoms with van der Waals surface area (Å²) in [6.45, 7) is 2.98. The third-order valence-corrected chi connectivity index (χ3v) is 6.34. The fourth-order valence-corrected chi connectivity index (χ4v) is 4.98. The van der Waals surface area contributed by atoms with Crippen LogP contribution in [0.15, 0.2) is 0 Å². The van der Waals surface area contributed by atoms with Gasteiger partial charge in [-0.15, -0.1) is 24.8 Å². The lowest BCUT2D eigenvalue weighted by atomic mass is 9.65. The molecule has 148 valence electrons. The van der Waals surface area contributed by atoms with Crippen LogP contribution in [0.3, 0.4) is 0 Å². The lowest BCUT2D eigenvalue weighted by Gasteiger charge is -2.43. The van der Waals surface area contributed by atoms with Gasteiger partial charge in [-0.1, -0.05) is 13.3 Å². The molecular weight excluding hydrogens is 373 g/mol. The number of aryl methyl sites for hydroxylation is 2. The van der Waals surface area contributed by atoms with Crippen molar-refractivity contribution < 1.29 is 4.79 Å². The summed E-state index contributed by atoms with van der Waals surface area (Å²) in [5, 5.41) is 7.82. The lowest BCUT2D eigenvalue weighted by Crippen LogP contribution is -2.49. The molecule has 2 aliphatic carbocycles. The van der Waals surface area contributed by atoms with Crippen LogP contribution in [0.5, 0.6) is 0 Å². The Balaban J connectivity index is 0.00000121. The number of aromatic nitrogens is 3. The van der Waals surface area contributed by atoms with E-state index in [4.69, 9.17) is 5.73 Å². The molecule has 0 spiro atoms. The minimum absolute atomic E-state index is 0. The molecule has 1 aromatic rings. The average molecular weight is 404 g/mol. The summed E-state index contributed by atoms with van der Waals surface area (Å²) in [7, 11) is 0. The van der Waals surface area contributed by atoms with Gasteiger partial charge >= 0.3 is 0 Å². The fraction of sp³-hybridized carbons (Fsp3) is 0.833. The first-order chi connectivity index (χ1) is 11.7. The topological polar surface area (TPSA) is 85.8 Å². The molecule has 3 atom stereocenters. The van der Waals surface area contributed by atoms with Gasteiger partial charge in [0.2, 0.25) is 5.91 Å². The molecule has 0 radical (unpaired) electrons. The number of nitrogens with two attached hydrogens (primary N) is 1. The highest BCUT2D eigenvalue weighted by Gasteiger charge is 2.41. The van der Waals surface area contributed by atoms with Gasteiger partial charge in [0, 0.05) is 24.9 Å². The van der Waals surface area contributed by atoms with E-state index in [1.807, 2.05) is 4.68 Å². The number of amides is 1. The van der Waals surface area contributed by atoms with Crippen molar-refractivity contribution in [3.05, 3.63) is 11.6 Å². The summed E-state index contributed by atoms with van der Waals surface area (Å²) in [6.07, 6.45) is 8.44. The van der Waals surface area contributed by atoms with E-state index in [-0.39, 0.29) is 42.7 Å². The van der Waals surface area contributed by atoms with Crippen LogP contribution in [0.2, 0.25) is 0 Å². The van der Waals surface area contributed by atoms with Crippen LogP contribution in [0, 0.1) is 17.8 Å². The van der Waals surface area contributed by atoms with Crippen molar-refractivity contribution in [1.29, 1.82) is 0 Å². The number of carbonyl (C=O) groups is 1. The maximum Gasteiger partial charge on any atom is 0.223 e. The van der Waals surface area contributed by atoms with E-state index >= 15 is 0 Å². The highest BCUT2D eigenvalue weighted by Crippen LogP contribution is 2.42. The molecule has 2 fully saturated rings. The van der Waals surface area contributed by atoms with Crippen molar-refractivity contribution >= 4 is 30.7 Å². The monoisotopic (exact) mass is 403 g/mol. The summed E-state index contributed by atoms with van der Waals surface area (Å²) in [5.41, 5.74) is 6.36. The Morgan fingerprint density at radius 3 is 2.54 bits per heavy atom. The fourth-order valence-electron chi connectivity index (χ4n) is 4.98. The van der Waals surface area contributed by atoms with E-state index in [0.29, 0.717) is 17.9 Å². The summed E-state index contributed by atoms with van der Waals surface area (Å²) in [4.78, 5) is 17.5. The number of halogens is 2. The van der Waals surface area contributed by atoms with Crippen molar-refractivity contribution in [3.63, 3.8) is 0 Å². The van der Waals surface area contributed by atoms with Crippen molar-refractivity contribution in [1.82, 2.24) is 20.1 Å². The van der Waals surface area contributed by atoms with Gasteiger partial charge < -0.3 is 11.1 Å². The number of nitrogens with zero attached hydrogens (tertiary/aromatic N) is 3. The first-order valence-corrected chi connectivity index (χ1v) is 9.65. The molecule has 1 aromatic heterocycles. The van der Waals surface area contributed by atoms with Gasteiger partial charge in [0.05, 0.1) is 6.04 Å². The number of nitrogens with one attached hydrogen (secondary N) is 1. The molecule has 2 bridgehead atoms. The van der Waals surface area contributed by atoms with Gasteiger partial charge in [0.15, 0.2) is 5.82 Å². The lowest BCUT2D eigenvalue weighted by molar-refractivity contribution is -0.128. The van der Waals surface area contributed by atoms with Gasteiger partial charge in [0.1, 0.15) is 5.82 Å². The van der Waals surface area contributed by atoms with Crippen molar-refractivity contribution in [3.8, 4) is 0 Å². The number of hydrogen-bond donors (Lipinski definition) is 2. The normalized spacial score (nSPS) is 32.6. The van der Waals surface area contributed by atoms with E-state index in [1.165, 1.54) is 19.3 Å². The maximum atomic E-state index is 12.9. The number of hydrogen-bond acceptors (Lipinski definition) is 4. The highest BCUT2D eigenvalue weighted by atomic mass is 35.5. The van der Waals surface area contributed by atoms with Gasteiger partial charge in [0.25, 0.3) is 0 Å². The highest BCUT2D eigenvalue weighted by molar-refractivity contribution is 5.85. The van der Waals surface area contributed by atoms with E-state index in [9.17, 15) is 4.79 Å². The van der Waals surface area contributed by atoms with Crippen molar-refractivity contribution in [2.45, 2.75) is 76.9 Å². The number of rotatable bonds is 3. The van der Waals surface area contributed by atoms with Gasteiger partial charge in [-0.25, -0.2) is 9.67 Å². The van der Waals surface area contributed by atoms with Crippen LogP contribution in [0.1, 0.15) is 69.6 Å². The summed E-state index contributed by atoms with van der Waals surface area (Å²) < 4.78 is 1.98. The smallest absolute Gasteiger partial charge is 0.223 e. The molecule has 1 amide bonds. The molecule has 0 aromatic carbocycles. The first kappa shape index (κ1) is 21.5. The molecule has 3 aliphatic rings. The molecule has 1 aliphatic heterocycles. The third kappa shape index (κ3) is 4.02. The van der Waals surface area contributed by atoms with Gasteiger partial charge in [-0.3, -0.25) is 4.79 Å². The summed E-state index contributed by atoms with van der Waals surface area (Å²) in [5.74, 6) is 3.23. The van der Waals surface area contributed by atoms with E-state index in [1.54, 1.807) is 0 Å². The minimum Gasteiger partial charge on any atom is -0.346 e. The standard InChI is InChI=1S/C18H29N5O.2ClH/c1-2-15-21-17-14(7-4-8-23(17)22-15)20-18(24)13-9-11-5-3-6-12(10-13)16(11)19;;/h11-14,16H,2-10,19H2,1H3,(H,20,24);2*1H. The Morgan fingerprint density at radius 2 is 1.88 bits per heavy atom. The zero-order valence-electron chi connectivity index (χ0n) is 15.4. The largest absolute Gasteiger partial charge is 0.346 e. The van der Waals surface area contributed by atoms with Crippen LogP contribution in [0.4, 0.5) is 0 Å². The maximum absolute atomic E-state index is 12.9. The quantitative estimate of drug-likeness (QED) is 0.811. The molecule has 8 heteroatoms.